The van der Waals surface area contributed by atoms with Crippen LogP contribution in [0.25, 0.3) is 0 Å². The number of sulfonamides is 1. The molecule has 1 aliphatic rings. The second-order valence-electron chi connectivity index (χ2n) is 9.70. The van der Waals surface area contributed by atoms with Gasteiger partial charge >= 0.3 is 0 Å². The Morgan fingerprint density at radius 3 is 2.37 bits per heavy atom. The molecule has 38 heavy (non-hydrogen) atoms. The average molecular weight is 587 g/mol. The van der Waals surface area contributed by atoms with Gasteiger partial charge in [-0.25, -0.2) is 12.8 Å². The van der Waals surface area contributed by atoms with Gasteiger partial charge in [0.1, 0.15) is 11.9 Å². The number of halogens is 3. The van der Waals surface area contributed by atoms with Crippen molar-refractivity contribution in [3.63, 3.8) is 0 Å². The standard InChI is InChI=1S/C27H34Cl2FN3O4S/c1-19(27(35)31-23-7-4-3-5-8-23)32(18-20-10-13-22(30)14-11-20)26(34)9-6-16-33(38(2,36)37)25-17-21(28)12-15-24(25)29/h10-15,17,19,23H,3-9,16,18H2,1-2H3,(H,31,35)/t19-/m0/s1. The fourth-order valence-electron chi connectivity index (χ4n) is 4.60. The molecule has 1 saturated carbocycles. The van der Waals surface area contributed by atoms with Crippen LogP contribution in [0.3, 0.4) is 0 Å². The number of anilines is 1. The molecule has 208 valence electrons. The number of hydrogen-bond acceptors (Lipinski definition) is 4. The molecule has 1 aliphatic carbocycles. The Labute approximate surface area is 234 Å². The lowest BCUT2D eigenvalue weighted by atomic mass is 9.95. The Bertz CT molecular complexity index is 1220. The Kier molecular flexibility index (Phi) is 10.8. The second kappa shape index (κ2) is 13.6. The van der Waals surface area contributed by atoms with Gasteiger partial charge in [0.15, 0.2) is 0 Å². The van der Waals surface area contributed by atoms with E-state index >= 15 is 0 Å². The predicted octanol–water partition coefficient (Wildman–Crippen LogP) is 5.54. The van der Waals surface area contributed by atoms with Gasteiger partial charge in [0.25, 0.3) is 0 Å². The minimum absolute atomic E-state index is 0.00231. The number of carbonyl (C=O) groups is 2. The maximum atomic E-state index is 13.4. The summed E-state index contributed by atoms with van der Waals surface area (Å²) in [5.74, 6) is -0.947. The maximum absolute atomic E-state index is 13.4. The number of benzene rings is 2. The van der Waals surface area contributed by atoms with E-state index in [1.807, 2.05) is 0 Å². The minimum atomic E-state index is -3.71. The highest BCUT2D eigenvalue weighted by atomic mass is 35.5. The normalized spacial score (nSPS) is 15.1. The zero-order valence-corrected chi connectivity index (χ0v) is 24.0. The van der Waals surface area contributed by atoms with Crippen LogP contribution in [0.2, 0.25) is 10.0 Å². The molecule has 1 fully saturated rings. The molecular formula is C27H34Cl2FN3O4S. The highest BCUT2D eigenvalue weighted by molar-refractivity contribution is 7.92. The van der Waals surface area contributed by atoms with E-state index in [1.165, 1.54) is 29.2 Å². The van der Waals surface area contributed by atoms with Crippen molar-refractivity contribution in [2.45, 2.75) is 70.5 Å². The van der Waals surface area contributed by atoms with E-state index in [0.29, 0.717) is 10.6 Å². The SMILES string of the molecule is C[C@@H](C(=O)NC1CCCCC1)N(Cc1ccc(F)cc1)C(=O)CCCN(c1cc(Cl)ccc1Cl)S(C)(=O)=O. The summed E-state index contributed by atoms with van der Waals surface area (Å²) in [5, 5.41) is 3.62. The molecule has 2 aromatic rings. The lowest BCUT2D eigenvalue weighted by Crippen LogP contribution is -2.50. The van der Waals surface area contributed by atoms with Gasteiger partial charge in [0.2, 0.25) is 21.8 Å². The van der Waals surface area contributed by atoms with E-state index in [1.54, 1.807) is 25.1 Å². The Morgan fingerprint density at radius 1 is 1.08 bits per heavy atom. The molecule has 2 aromatic carbocycles. The van der Waals surface area contributed by atoms with Gasteiger partial charge < -0.3 is 10.2 Å². The molecule has 7 nitrogen and oxygen atoms in total. The summed E-state index contributed by atoms with van der Waals surface area (Å²) in [6.45, 7) is 1.79. The van der Waals surface area contributed by atoms with Crippen molar-refractivity contribution in [3.05, 3.63) is 63.9 Å². The van der Waals surface area contributed by atoms with Crippen LogP contribution in [-0.4, -0.2) is 50.0 Å². The van der Waals surface area contributed by atoms with Crippen LogP contribution in [0.1, 0.15) is 57.4 Å². The molecule has 1 N–H and O–H groups in total. The molecule has 0 aromatic heterocycles. The summed E-state index contributed by atoms with van der Waals surface area (Å²) in [4.78, 5) is 27.9. The molecule has 0 radical (unpaired) electrons. The van der Waals surface area contributed by atoms with E-state index < -0.39 is 21.9 Å². The zero-order chi connectivity index (χ0) is 27.9. The Hall–Kier alpha value is -2.36. The van der Waals surface area contributed by atoms with Crippen LogP contribution >= 0.6 is 23.2 Å². The summed E-state index contributed by atoms with van der Waals surface area (Å²) < 4.78 is 39.6. The number of hydrogen-bond donors (Lipinski definition) is 1. The summed E-state index contributed by atoms with van der Waals surface area (Å²) in [7, 11) is -3.71. The summed E-state index contributed by atoms with van der Waals surface area (Å²) in [6.07, 6.45) is 6.34. The topological polar surface area (TPSA) is 86.8 Å². The van der Waals surface area contributed by atoms with Crippen LogP contribution in [-0.2, 0) is 26.2 Å². The van der Waals surface area contributed by atoms with E-state index in [2.05, 4.69) is 5.32 Å². The van der Waals surface area contributed by atoms with Crippen molar-refractivity contribution in [2.24, 2.45) is 0 Å². The molecule has 0 saturated heterocycles. The highest BCUT2D eigenvalue weighted by Crippen LogP contribution is 2.31. The first-order valence-corrected chi connectivity index (χ1v) is 15.3. The van der Waals surface area contributed by atoms with Crippen molar-refractivity contribution in [1.29, 1.82) is 0 Å². The predicted molar refractivity (Wildman–Crippen MR) is 149 cm³/mol. The van der Waals surface area contributed by atoms with Gasteiger partial charge in [-0.1, -0.05) is 54.6 Å². The van der Waals surface area contributed by atoms with Crippen LogP contribution < -0.4 is 9.62 Å². The second-order valence-corrected chi connectivity index (χ2v) is 12.5. The smallest absolute Gasteiger partial charge is 0.242 e. The van der Waals surface area contributed by atoms with Crippen LogP contribution in [0.15, 0.2) is 42.5 Å². The van der Waals surface area contributed by atoms with Crippen molar-refractivity contribution in [2.75, 3.05) is 17.1 Å². The molecule has 0 heterocycles. The maximum Gasteiger partial charge on any atom is 0.242 e. The third-order valence-electron chi connectivity index (χ3n) is 6.71. The first-order chi connectivity index (χ1) is 18.0. The minimum Gasteiger partial charge on any atom is -0.352 e. The average Bonchev–Trinajstić information content (AvgIpc) is 2.87. The summed E-state index contributed by atoms with van der Waals surface area (Å²) in [6, 6.07) is 9.64. The van der Waals surface area contributed by atoms with Gasteiger partial charge in [-0.3, -0.25) is 13.9 Å². The monoisotopic (exact) mass is 585 g/mol. The molecular weight excluding hydrogens is 552 g/mol. The van der Waals surface area contributed by atoms with Crippen molar-refractivity contribution in [3.8, 4) is 0 Å². The fourth-order valence-corrected chi connectivity index (χ4v) is 6.00. The van der Waals surface area contributed by atoms with Crippen LogP contribution in [0.4, 0.5) is 10.1 Å². The Morgan fingerprint density at radius 2 is 1.74 bits per heavy atom. The number of carbonyl (C=O) groups excluding carboxylic acids is 2. The van der Waals surface area contributed by atoms with Crippen LogP contribution in [0.5, 0.6) is 0 Å². The molecule has 3 rings (SSSR count). The van der Waals surface area contributed by atoms with Crippen molar-refractivity contribution >= 4 is 50.7 Å². The molecule has 0 unspecified atom stereocenters. The summed E-state index contributed by atoms with van der Waals surface area (Å²) >= 11 is 12.3. The molecule has 2 amide bonds. The van der Waals surface area contributed by atoms with Gasteiger partial charge in [-0.05, 0) is 62.1 Å². The Balaban J connectivity index is 1.73. The third-order valence-corrected chi connectivity index (χ3v) is 8.45. The van der Waals surface area contributed by atoms with E-state index in [9.17, 15) is 22.4 Å². The first-order valence-electron chi connectivity index (χ1n) is 12.7. The largest absolute Gasteiger partial charge is 0.352 e. The fraction of sp³-hybridized carbons (Fsp3) is 0.481. The first kappa shape index (κ1) is 30.2. The number of nitrogens with zero attached hydrogens (tertiary/aromatic N) is 2. The van der Waals surface area contributed by atoms with E-state index in [-0.39, 0.29) is 54.5 Å². The molecule has 1 atom stereocenters. The van der Waals surface area contributed by atoms with Crippen molar-refractivity contribution in [1.82, 2.24) is 10.2 Å². The van der Waals surface area contributed by atoms with Gasteiger partial charge in [0.05, 0.1) is 17.0 Å². The van der Waals surface area contributed by atoms with E-state index in [4.69, 9.17) is 23.2 Å². The van der Waals surface area contributed by atoms with Gasteiger partial charge in [-0.2, -0.15) is 0 Å². The highest BCUT2D eigenvalue weighted by Gasteiger charge is 2.28. The quantitative estimate of drug-likeness (QED) is 0.375. The molecule has 0 bridgehead atoms. The van der Waals surface area contributed by atoms with Crippen molar-refractivity contribution < 1.29 is 22.4 Å². The number of nitrogens with one attached hydrogen (secondary N) is 1. The lowest BCUT2D eigenvalue weighted by Gasteiger charge is -2.31. The molecule has 0 aliphatic heterocycles. The summed E-state index contributed by atoms with van der Waals surface area (Å²) in [5.41, 5.74) is 0.915. The molecule has 0 spiro atoms. The number of rotatable bonds is 11. The zero-order valence-electron chi connectivity index (χ0n) is 21.6. The third kappa shape index (κ3) is 8.58. The lowest BCUT2D eigenvalue weighted by molar-refractivity contribution is -0.141. The van der Waals surface area contributed by atoms with E-state index in [0.717, 1.165) is 42.7 Å². The number of amides is 2. The molecule has 11 heteroatoms. The van der Waals surface area contributed by atoms with Gasteiger partial charge in [-0.15, -0.1) is 0 Å². The van der Waals surface area contributed by atoms with Gasteiger partial charge in [0, 0.05) is 30.6 Å². The van der Waals surface area contributed by atoms with Crippen LogP contribution in [0, 0.1) is 5.82 Å².